The number of pyridine rings is 1. The summed E-state index contributed by atoms with van der Waals surface area (Å²) in [5.74, 6) is -0.175. The highest BCUT2D eigenvalue weighted by Crippen LogP contribution is 2.38. The number of hydrogen-bond acceptors (Lipinski definition) is 6. The van der Waals surface area contributed by atoms with Crippen molar-refractivity contribution in [3.8, 4) is 0 Å². The van der Waals surface area contributed by atoms with Crippen molar-refractivity contribution in [1.29, 1.82) is 0 Å². The standard InChI is InChI=1S/C25H30N6O3/c1-4-30-24(33)17-6-5-16(13-19(17)28-25(30)34)14-29-11-12-31(22-10-9-21(22)29)20-8-7-18(23(32)26-3)27-15(20)2/h5-8,13,21-22H,4,9-12,14H2,1-3H3,(H,26,32)(H,28,34). The number of hydrogen-bond donors (Lipinski definition) is 2. The summed E-state index contributed by atoms with van der Waals surface area (Å²) < 4.78 is 1.22. The normalized spacial score (nSPS) is 20.1. The molecule has 9 heteroatoms. The van der Waals surface area contributed by atoms with Crippen LogP contribution in [0.15, 0.2) is 39.9 Å². The van der Waals surface area contributed by atoms with Gasteiger partial charge in [0.15, 0.2) is 0 Å². The molecule has 2 fully saturated rings. The van der Waals surface area contributed by atoms with Crippen LogP contribution in [0.5, 0.6) is 0 Å². The van der Waals surface area contributed by atoms with Crippen molar-refractivity contribution in [2.75, 3.05) is 25.0 Å². The van der Waals surface area contributed by atoms with Crippen LogP contribution in [0, 0.1) is 6.92 Å². The van der Waals surface area contributed by atoms with Crippen molar-refractivity contribution in [3.63, 3.8) is 0 Å². The summed E-state index contributed by atoms with van der Waals surface area (Å²) in [6.45, 7) is 6.67. The second kappa shape index (κ2) is 8.72. The fourth-order valence-electron chi connectivity index (χ4n) is 5.35. The average Bonchev–Trinajstić information content (AvgIpc) is 2.79. The highest BCUT2D eigenvalue weighted by Gasteiger charge is 2.43. The van der Waals surface area contributed by atoms with Gasteiger partial charge in [-0.1, -0.05) is 6.07 Å². The van der Waals surface area contributed by atoms with Crippen molar-refractivity contribution in [2.24, 2.45) is 0 Å². The Morgan fingerprint density at radius 2 is 1.94 bits per heavy atom. The molecule has 1 saturated heterocycles. The van der Waals surface area contributed by atoms with Crippen LogP contribution in [0.3, 0.4) is 0 Å². The molecule has 2 unspecified atom stereocenters. The molecule has 34 heavy (non-hydrogen) atoms. The number of anilines is 1. The van der Waals surface area contributed by atoms with E-state index in [2.05, 4.69) is 25.1 Å². The Morgan fingerprint density at radius 3 is 2.62 bits per heavy atom. The molecule has 1 aliphatic heterocycles. The number of carbonyl (C=O) groups excluding carboxylic acids is 1. The summed E-state index contributed by atoms with van der Waals surface area (Å²) in [5.41, 5.74) is 3.48. The van der Waals surface area contributed by atoms with E-state index >= 15 is 0 Å². The van der Waals surface area contributed by atoms with Gasteiger partial charge in [-0.3, -0.25) is 19.1 Å². The number of nitrogens with zero attached hydrogens (tertiary/aromatic N) is 4. The molecule has 0 radical (unpaired) electrons. The first-order valence-electron chi connectivity index (χ1n) is 11.9. The smallest absolute Gasteiger partial charge is 0.328 e. The van der Waals surface area contributed by atoms with Crippen LogP contribution < -0.4 is 21.5 Å². The topological polar surface area (TPSA) is 103 Å². The molecule has 1 amide bonds. The molecular formula is C25H30N6O3. The van der Waals surface area contributed by atoms with Gasteiger partial charge in [0.2, 0.25) is 0 Å². The molecule has 1 aliphatic carbocycles. The Labute approximate surface area is 197 Å². The van der Waals surface area contributed by atoms with Gasteiger partial charge in [0.25, 0.3) is 11.5 Å². The van der Waals surface area contributed by atoms with Crippen molar-refractivity contribution < 1.29 is 4.79 Å². The van der Waals surface area contributed by atoms with Crippen molar-refractivity contribution in [1.82, 2.24) is 24.8 Å². The summed E-state index contributed by atoms with van der Waals surface area (Å²) >= 11 is 0. The largest absolute Gasteiger partial charge is 0.364 e. The summed E-state index contributed by atoms with van der Waals surface area (Å²) in [7, 11) is 1.61. The van der Waals surface area contributed by atoms with E-state index in [0.717, 1.165) is 49.4 Å². The van der Waals surface area contributed by atoms with E-state index in [-0.39, 0.29) is 17.2 Å². The van der Waals surface area contributed by atoms with Gasteiger partial charge in [-0.05, 0) is 56.5 Å². The SMILES string of the molecule is CCn1c(=O)[nH]c2cc(CN3CCN(c4ccc(C(=O)NC)nc4C)C4CCC43)ccc2c1=O. The number of carbonyl (C=O) groups is 1. The Kier molecular flexibility index (Phi) is 5.73. The highest BCUT2D eigenvalue weighted by molar-refractivity contribution is 5.92. The minimum absolute atomic E-state index is 0.175. The van der Waals surface area contributed by atoms with E-state index in [9.17, 15) is 14.4 Å². The first-order chi connectivity index (χ1) is 16.4. The number of H-pyrrole nitrogens is 1. The van der Waals surface area contributed by atoms with E-state index in [1.165, 1.54) is 4.57 Å². The van der Waals surface area contributed by atoms with Gasteiger partial charge in [0.1, 0.15) is 5.69 Å². The van der Waals surface area contributed by atoms with Gasteiger partial charge in [-0.25, -0.2) is 9.78 Å². The number of aryl methyl sites for hydroxylation is 1. The molecule has 5 rings (SSSR count). The Balaban J connectivity index is 1.35. The van der Waals surface area contributed by atoms with Crippen LogP contribution in [0.25, 0.3) is 10.9 Å². The molecule has 3 aromatic rings. The number of benzene rings is 1. The second-order valence-electron chi connectivity index (χ2n) is 9.12. The van der Waals surface area contributed by atoms with Crippen LogP contribution in [0.1, 0.15) is 41.5 Å². The van der Waals surface area contributed by atoms with Crippen molar-refractivity contribution in [3.05, 3.63) is 68.1 Å². The molecular weight excluding hydrogens is 432 g/mol. The monoisotopic (exact) mass is 462 g/mol. The molecule has 2 atom stereocenters. The second-order valence-corrected chi connectivity index (χ2v) is 9.12. The number of aromatic nitrogens is 3. The van der Waals surface area contributed by atoms with Crippen molar-refractivity contribution in [2.45, 2.75) is 51.9 Å². The van der Waals surface area contributed by atoms with E-state index in [1.54, 1.807) is 20.0 Å². The fraction of sp³-hybridized carbons (Fsp3) is 0.440. The minimum atomic E-state index is -0.365. The number of aromatic amines is 1. The molecule has 2 aromatic heterocycles. The van der Waals surface area contributed by atoms with Crippen LogP contribution in [0.2, 0.25) is 0 Å². The average molecular weight is 463 g/mol. The summed E-state index contributed by atoms with van der Waals surface area (Å²) in [5, 5.41) is 3.17. The predicted molar refractivity (Wildman–Crippen MR) is 131 cm³/mol. The lowest BCUT2D eigenvalue weighted by Gasteiger charge is -2.55. The van der Waals surface area contributed by atoms with Crippen LogP contribution in [0.4, 0.5) is 5.69 Å². The van der Waals surface area contributed by atoms with Crippen LogP contribution in [-0.2, 0) is 13.1 Å². The lowest BCUT2D eigenvalue weighted by molar-refractivity contribution is 0.0658. The number of amides is 1. The number of piperazine rings is 1. The van der Waals surface area contributed by atoms with Crippen LogP contribution in [-0.4, -0.2) is 57.6 Å². The molecule has 0 bridgehead atoms. The maximum Gasteiger partial charge on any atom is 0.328 e. The zero-order chi connectivity index (χ0) is 24.0. The molecule has 1 saturated carbocycles. The molecule has 1 aromatic carbocycles. The first kappa shape index (κ1) is 22.3. The maximum atomic E-state index is 12.6. The van der Waals surface area contributed by atoms with Gasteiger partial charge in [0.05, 0.1) is 22.3 Å². The van der Waals surface area contributed by atoms with E-state index < -0.39 is 0 Å². The van der Waals surface area contributed by atoms with E-state index in [1.807, 2.05) is 31.2 Å². The third-order valence-corrected chi connectivity index (χ3v) is 7.28. The molecule has 0 spiro atoms. The maximum absolute atomic E-state index is 12.6. The number of nitrogens with one attached hydrogen (secondary N) is 2. The summed E-state index contributed by atoms with van der Waals surface area (Å²) in [6, 6.07) is 10.4. The Morgan fingerprint density at radius 1 is 1.15 bits per heavy atom. The van der Waals surface area contributed by atoms with E-state index in [4.69, 9.17) is 0 Å². The first-order valence-corrected chi connectivity index (χ1v) is 11.9. The quantitative estimate of drug-likeness (QED) is 0.597. The lowest BCUT2D eigenvalue weighted by Crippen LogP contribution is -2.64. The predicted octanol–water partition coefficient (Wildman–Crippen LogP) is 1.63. The molecule has 2 aliphatic rings. The number of fused-ring (bicyclic) bond motifs is 2. The van der Waals surface area contributed by atoms with Gasteiger partial charge in [-0.15, -0.1) is 0 Å². The Hall–Kier alpha value is -3.46. The molecule has 3 heterocycles. The van der Waals surface area contributed by atoms with Gasteiger partial charge < -0.3 is 15.2 Å². The fourth-order valence-corrected chi connectivity index (χ4v) is 5.35. The molecule has 2 N–H and O–H groups in total. The van der Waals surface area contributed by atoms with Gasteiger partial charge in [0, 0.05) is 45.3 Å². The van der Waals surface area contributed by atoms with Crippen LogP contribution >= 0.6 is 0 Å². The Bertz CT molecular complexity index is 1380. The third-order valence-electron chi connectivity index (χ3n) is 7.28. The van der Waals surface area contributed by atoms with Crippen molar-refractivity contribution >= 4 is 22.5 Å². The van der Waals surface area contributed by atoms with Gasteiger partial charge in [-0.2, -0.15) is 0 Å². The zero-order valence-corrected chi connectivity index (χ0v) is 19.8. The lowest BCUT2D eigenvalue weighted by atomic mass is 9.81. The molecule has 9 nitrogen and oxygen atoms in total. The third kappa shape index (κ3) is 3.69. The highest BCUT2D eigenvalue weighted by atomic mass is 16.2. The number of rotatable bonds is 5. The zero-order valence-electron chi connectivity index (χ0n) is 19.8. The summed E-state index contributed by atoms with van der Waals surface area (Å²) in [6.07, 6.45) is 2.26. The molecule has 178 valence electrons. The minimum Gasteiger partial charge on any atom is -0.364 e. The van der Waals surface area contributed by atoms with E-state index in [0.29, 0.717) is 35.2 Å². The summed E-state index contributed by atoms with van der Waals surface area (Å²) in [4.78, 5) is 49.0. The van der Waals surface area contributed by atoms with Gasteiger partial charge >= 0.3 is 5.69 Å².